The first-order valence-electron chi connectivity index (χ1n) is 6.39. The number of rotatable bonds is 5. The summed E-state index contributed by atoms with van der Waals surface area (Å²) in [5.74, 6) is -0.457. The van der Waals surface area contributed by atoms with Gasteiger partial charge in [-0.2, -0.15) is 0 Å². The summed E-state index contributed by atoms with van der Waals surface area (Å²) in [6.45, 7) is 6.05. The summed E-state index contributed by atoms with van der Waals surface area (Å²) < 4.78 is 4.82. The van der Waals surface area contributed by atoms with Crippen molar-refractivity contribution in [2.24, 2.45) is 0 Å². The SMILES string of the molecule is CCOC(=O)CN(C)C(=O)Cc1cc(C)ccc1C. The zero-order chi connectivity index (χ0) is 14.4. The summed E-state index contributed by atoms with van der Waals surface area (Å²) in [7, 11) is 1.62. The van der Waals surface area contributed by atoms with E-state index in [1.807, 2.05) is 32.0 Å². The van der Waals surface area contributed by atoms with Gasteiger partial charge in [-0.1, -0.05) is 23.8 Å². The van der Waals surface area contributed by atoms with Crippen LogP contribution in [0.2, 0.25) is 0 Å². The molecule has 1 rings (SSSR count). The zero-order valence-corrected chi connectivity index (χ0v) is 12.0. The molecule has 0 aromatic heterocycles. The highest BCUT2D eigenvalue weighted by molar-refractivity contribution is 5.83. The van der Waals surface area contributed by atoms with Gasteiger partial charge < -0.3 is 9.64 Å². The first-order chi connectivity index (χ1) is 8.93. The van der Waals surface area contributed by atoms with Gasteiger partial charge in [0.25, 0.3) is 0 Å². The van der Waals surface area contributed by atoms with Gasteiger partial charge in [0.05, 0.1) is 13.0 Å². The molecule has 0 spiro atoms. The molecule has 1 aromatic rings. The van der Waals surface area contributed by atoms with Gasteiger partial charge in [-0.05, 0) is 31.9 Å². The van der Waals surface area contributed by atoms with Gasteiger partial charge in [0.2, 0.25) is 5.91 Å². The predicted octanol–water partition coefficient (Wildman–Crippen LogP) is 1.87. The maximum Gasteiger partial charge on any atom is 0.325 e. The second kappa shape index (κ2) is 6.92. The van der Waals surface area contributed by atoms with Crippen LogP contribution in [-0.2, 0) is 20.7 Å². The molecule has 4 heteroatoms. The van der Waals surface area contributed by atoms with Crippen LogP contribution in [0, 0.1) is 13.8 Å². The van der Waals surface area contributed by atoms with Gasteiger partial charge in [-0.15, -0.1) is 0 Å². The van der Waals surface area contributed by atoms with Gasteiger partial charge in [0, 0.05) is 7.05 Å². The van der Waals surface area contributed by atoms with Crippen molar-refractivity contribution < 1.29 is 14.3 Å². The molecule has 0 bridgehead atoms. The minimum absolute atomic E-state index is 0.00244. The second-order valence-corrected chi connectivity index (χ2v) is 4.66. The van der Waals surface area contributed by atoms with Crippen LogP contribution in [0.1, 0.15) is 23.6 Å². The Kier molecular flexibility index (Phi) is 5.55. The number of carbonyl (C=O) groups is 2. The molecule has 1 amide bonds. The second-order valence-electron chi connectivity index (χ2n) is 4.66. The Morgan fingerprint density at radius 2 is 1.95 bits per heavy atom. The lowest BCUT2D eigenvalue weighted by atomic mass is 10.0. The summed E-state index contributed by atoms with van der Waals surface area (Å²) in [6.07, 6.45) is 0.309. The Bertz CT molecular complexity index is 468. The number of hydrogen-bond acceptors (Lipinski definition) is 3. The molecule has 0 heterocycles. The predicted molar refractivity (Wildman–Crippen MR) is 73.9 cm³/mol. The first kappa shape index (κ1) is 15.2. The summed E-state index contributed by atoms with van der Waals surface area (Å²) in [6, 6.07) is 6.03. The molecule has 0 unspecified atom stereocenters. The van der Waals surface area contributed by atoms with Crippen molar-refractivity contribution in [3.05, 3.63) is 34.9 Å². The number of nitrogens with zero attached hydrogens (tertiary/aromatic N) is 1. The van der Waals surface area contributed by atoms with Crippen molar-refractivity contribution in [2.45, 2.75) is 27.2 Å². The van der Waals surface area contributed by atoms with Crippen LogP contribution in [0.4, 0.5) is 0 Å². The van der Waals surface area contributed by atoms with E-state index in [1.54, 1.807) is 14.0 Å². The van der Waals surface area contributed by atoms with E-state index in [4.69, 9.17) is 4.74 Å². The van der Waals surface area contributed by atoms with Crippen LogP contribution in [0.15, 0.2) is 18.2 Å². The van der Waals surface area contributed by atoms with E-state index in [9.17, 15) is 9.59 Å². The third-order valence-corrected chi connectivity index (χ3v) is 2.94. The van der Waals surface area contributed by atoms with Gasteiger partial charge in [-0.3, -0.25) is 9.59 Å². The van der Waals surface area contributed by atoms with E-state index in [2.05, 4.69) is 0 Å². The smallest absolute Gasteiger partial charge is 0.325 e. The minimum Gasteiger partial charge on any atom is -0.465 e. The summed E-state index contributed by atoms with van der Waals surface area (Å²) in [5.41, 5.74) is 3.21. The van der Waals surface area contributed by atoms with Gasteiger partial charge >= 0.3 is 5.97 Å². The van der Waals surface area contributed by atoms with Crippen LogP contribution < -0.4 is 0 Å². The maximum atomic E-state index is 12.0. The molecule has 0 aliphatic heterocycles. The topological polar surface area (TPSA) is 46.6 Å². The standard InChI is InChI=1S/C15H21NO3/c1-5-19-15(18)10-16(4)14(17)9-13-8-11(2)6-7-12(13)3/h6-8H,5,9-10H2,1-4H3. The number of carbonyl (C=O) groups excluding carboxylic acids is 2. The van der Waals surface area contributed by atoms with Crippen molar-refractivity contribution >= 4 is 11.9 Å². The van der Waals surface area contributed by atoms with E-state index in [0.717, 1.165) is 16.7 Å². The lowest BCUT2D eigenvalue weighted by molar-refractivity contribution is -0.147. The molecule has 4 nitrogen and oxygen atoms in total. The van der Waals surface area contributed by atoms with Crippen molar-refractivity contribution in [3.63, 3.8) is 0 Å². The number of aryl methyl sites for hydroxylation is 2. The molecule has 1 aromatic carbocycles. The van der Waals surface area contributed by atoms with Crippen LogP contribution >= 0.6 is 0 Å². The first-order valence-corrected chi connectivity index (χ1v) is 6.39. The number of likely N-dealkylation sites (N-methyl/N-ethyl adjacent to an activating group) is 1. The van der Waals surface area contributed by atoms with Crippen LogP contribution in [0.3, 0.4) is 0 Å². The Morgan fingerprint density at radius 1 is 1.26 bits per heavy atom. The monoisotopic (exact) mass is 263 g/mol. The molecule has 104 valence electrons. The molecule has 0 saturated heterocycles. The normalized spacial score (nSPS) is 10.1. The quantitative estimate of drug-likeness (QED) is 0.762. The minimum atomic E-state index is -0.376. The summed E-state index contributed by atoms with van der Waals surface area (Å²) >= 11 is 0. The third kappa shape index (κ3) is 4.73. The van der Waals surface area contributed by atoms with Crippen LogP contribution in [-0.4, -0.2) is 37.0 Å². The Labute approximate surface area is 114 Å². The van der Waals surface area contributed by atoms with E-state index in [-0.39, 0.29) is 18.4 Å². The molecule has 0 radical (unpaired) electrons. The molecule has 0 fully saturated rings. The lowest BCUT2D eigenvalue weighted by Crippen LogP contribution is -2.34. The maximum absolute atomic E-state index is 12.0. The van der Waals surface area contributed by atoms with E-state index < -0.39 is 0 Å². The van der Waals surface area contributed by atoms with Crippen molar-refractivity contribution in [1.82, 2.24) is 4.90 Å². The van der Waals surface area contributed by atoms with Crippen molar-refractivity contribution in [1.29, 1.82) is 0 Å². The Balaban J connectivity index is 2.63. The number of benzene rings is 1. The zero-order valence-electron chi connectivity index (χ0n) is 12.0. The van der Waals surface area contributed by atoms with Crippen LogP contribution in [0.25, 0.3) is 0 Å². The Morgan fingerprint density at radius 3 is 2.58 bits per heavy atom. The van der Waals surface area contributed by atoms with Gasteiger partial charge in [0.1, 0.15) is 6.54 Å². The largest absolute Gasteiger partial charge is 0.465 e. The number of hydrogen-bond donors (Lipinski definition) is 0. The number of esters is 1. The lowest BCUT2D eigenvalue weighted by Gasteiger charge is -2.17. The Hall–Kier alpha value is -1.84. The van der Waals surface area contributed by atoms with E-state index >= 15 is 0 Å². The summed E-state index contributed by atoms with van der Waals surface area (Å²) in [4.78, 5) is 24.8. The molecule has 19 heavy (non-hydrogen) atoms. The molecule has 0 N–H and O–H groups in total. The van der Waals surface area contributed by atoms with Gasteiger partial charge in [0.15, 0.2) is 0 Å². The molecule has 0 aliphatic rings. The average Bonchev–Trinajstić information content (AvgIpc) is 2.34. The molecular weight excluding hydrogens is 242 g/mol. The fourth-order valence-electron chi connectivity index (χ4n) is 1.78. The average molecular weight is 263 g/mol. The molecule has 0 aliphatic carbocycles. The van der Waals surface area contributed by atoms with Crippen LogP contribution in [0.5, 0.6) is 0 Å². The number of ether oxygens (including phenoxy) is 1. The highest BCUT2D eigenvalue weighted by atomic mass is 16.5. The summed E-state index contributed by atoms with van der Waals surface area (Å²) in [5, 5.41) is 0. The highest BCUT2D eigenvalue weighted by Crippen LogP contribution is 2.12. The highest BCUT2D eigenvalue weighted by Gasteiger charge is 2.14. The fourth-order valence-corrected chi connectivity index (χ4v) is 1.78. The van der Waals surface area contributed by atoms with Crippen molar-refractivity contribution in [3.8, 4) is 0 Å². The molecule has 0 saturated carbocycles. The van der Waals surface area contributed by atoms with E-state index in [0.29, 0.717) is 13.0 Å². The third-order valence-electron chi connectivity index (χ3n) is 2.94. The molecular formula is C15H21NO3. The number of amides is 1. The molecule has 0 atom stereocenters. The van der Waals surface area contributed by atoms with Gasteiger partial charge in [-0.25, -0.2) is 0 Å². The van der Waals surface area contributed by atoms with E-state index in [1.165, 1.54) is 4.90 Å². The fraction of sp³-hybridized carbons (Fsp3) is 0.467. The van der Waals surface area contributed by atoms with Crippen molar-refractivity contribution in [2.75, 3.05) is 20.2 Å².